The van der Waals surface area contributed by atoms with Crippen molar-refractivity contribution in [3.8, 4) is 0 Å². The molecule has 1 aliphatic rings. The molecule has 0 aliphatic carbocycles. The van der Waals surface area contributed by atoms with Crippen LogP contribution in [0.3, 0.4) is 0 Å². The van der Waals surface area contributed by atoms with Gasteiger partial charge in [0, 0.05) is 23.8 Å². The van der Waals surface area contributed by atoms with E-state index in [1.807, 2.05) is 0 Å². The van der Waals surface area contributed by atoms with Crippen molar-refractivity contribution in [2.24, 2.45) is 0 Å². The zero-order chi connectivity index (χ0) is 14.7. The molecular weight excluding hydrogens is 270 g/mol. The van der Waals surface area contributed by atoms with Gasteiger partial charge in [0.15, 0.2) is 0 Å². The Morgan fingerprint density at radius 1 is 1.29 bits per heavy atom. The van der Waals surface area contributed by atoms with Crippen molar-refractivity contribution in [1.82, 2.24) is 4.98 Å². The minimum Gasteiger partial charge on any atom is -0.447 e. The van der Waals surface area contributed by atoms with E-state index >= 15 is 0 Å². The number of aromatic nitrogens is 1. The van der Waals surface area contributed by atoms with Gasteiger partial charge < -0.3 is 10.1 Å². The van der Waals surface area contributed by atoms with Gasteiger partial charge in [0.1, 0.15) is 6.61 Å². The first-order valence-corrected chi connectivity index (χ1v) is 6.50. The average Bonchev–Trinajstić information content (AvgIpc) is 2.94. The SMILES string of the molecule is O=C(Nc1cccc(N2CCOC2=O)c1)c1cccnc1. The van der Waals surface area contributed by atoms with Gasteiger partial charge in [-0.25, -0.2) is 4.79 Å². The molecule has 1 fully saturated rings. The van der Waals surface area contributed by atoms with E-state index in [1.54, 1.807) is 42.6 Å². The summed E-state index contributed by atoms with van der Waals surface area (Å²) in [6, 6.07) is 10.5. The van der Waals surface area contributed by atoms with E-state index in [4.69, 9.17) is 4.74 Å². The number of nitrogens with one attached hydrogen (secondary N) is 1. The van der Waals surface area contributed by atoms with Crippen LogP contribution in [0.4, 0.5) is 16.2 Å². The summed E-state index contributed by atoms with van der Waals surface area (Å²) in [6.45, 7) is 0.893. The van der Waals surface area contributed by atoms with Gasteiger partial charge in [0.25, 0.3) is 5.91 Å². The number of hydrogen-bond acceptors (Lipinski definition) is 4. The number of amides is 2. The highest BCUT2D eigenvalue weighted by Gasteiger charge is 2.23. The molecule has 0 saturated carbocycles. The smallest absolute Gasteiger partial charge is 0.414 e. The van der Waals surface area contributed by atoms with Gasteiger partial charge in [0.2, 0.25) is 0 Å². The van der Waals surface area contributed by atoms with E-state index in [1.165, 1.54) is 11.1 Å². The summed E-state index contributed by atoms with van der Waals surface area (Å²) in [5.74, 6) is -0.246. The molecule has 6 heteroatoms. The standard InChI is InChI=1S/C15H13N3O3/c19-14(11-3-2-6-16-10-11)17-12-4-1-5-13(9-12)18-7-8-21-15(18)20/h1-6,9-10H,7-8H2,(H,17,19). The lowest BCUT2D eigenvalue weighted by atomic mass is 10.2. The van der Waals surface area contributed by atoms with E-state index in [2.05, 4.69) is 10.3 Å². The Labute approximate surface area is 121 Å². The number of rotatable bonds is 3. The Bertz CT molecular complexity index is 673. The van der Waals surface area contributed by atoms with Crippen LogP contribution in [0.1, 0.15) is 10.4 Å². The summed E-state index contributed by atoms with van der Waals surface area (Å²) in [5.41, 5.74) is 1.78. The molecule has 3 rings (SSSR count). The molecule has 0 radical (unpaired) electrons. The molecule has 21 heavy (non-hydrogen) atoms. The number of ether oxygens (including phenoxy) is 1. The molecule has 0 unspecified atom stereocenters. The molecule has 1 aromatic heterocycles. The fourth-order valence-corrected chi connectivity index (χ4v) is 2.08. The third-order valence-electron chi connectivity index (χ3n) is 3.10. The predicted molar refractivity (Wildman–Crippen MR) is 77.3 cm³/mol. The third kappa shape index (κ3) is 2.84. The van der Waals surface area contributed by atoms with Crippen LogP contribution in [-0.4, -0.2) is 30.1 Å². The summed E-state index contributed by atoms with van der Waals surface area (Å²) in [5, 5.41) is 2.78. The number of carbonyl (C=O) groups excluding carboxylic acids is 2. The van der Waals surface area contributed by atoms with E-state index in [-0.39, 0.29) is 12.0 Å². The summed E-state index contributed by atoms with van der Waals surface area (Å²) in [7, 11) is 0. The number of nitrogens with zero attached hydrogens (tertiary/aromatic N) is 2. The van der Waals surface area contributed by atoms with Crippen LogP contribution < -0.4 is 10.2 Å². The molecule has 0 atom stereocenters. The van der Waals surface area contributed by atoms with E-state index in [9.17, 15) is 9.59 Å². The fourth-order valence-electron chi connectivity index (χ4n) is 2.08. The monoisotopic (exact) mass is 283 g/mol. The lowest BCUT2D eigenvalue weighted by molar-refractivity contribution is 0.102. The first-order chi connectivity index (χ1) is 10.2. The Balaban J connectivity index is 1.77. The van der Waals surface area contributed by atoms with Crippen LogP contribution >= 0.6 is 0 Å². The van der Waals surface area contributed by atoms with Gasteiger partial charge in [-0.05, 0) is 30.3 Å². The van der Waals surface area contributed by atoms with Crippen LogP contribution in [0.15, 0.2) is 48.8 Å². The van der Waals surface area contributed by atoms with Crippen LogP contribution in [0.2, 0.25) is 0 Å². The van der Waals surface area contributed by atoms with Crippen molar-refractivity contribution in [3.05, 3.63) is 54.4 Å². The van der Waals surface area contributed by atoms with Crippen molar-refractivity contribution in [2.45, 2.75) is 0 Å². The minimum absolute atomic E-state index is 0.246. The fraction of sp³-hybridized carbons (Fsp3) is 0.133. The first kappa shape index (κ1) is 13.1. The van der Waals surface area contributed by atoms with Crippen molar-refractivity contribution < 1.29 is 14.3 Å². The lowest BCUT2D eigenvalue weighted by Gasteiger charge is -2.14. The van der Waals surface area contributed by atoms with Crippen LogP contribution in [-0.2, 0) is 4.74 Å². The van der Waals surface area contributed by atoms with Crippen LogP contribution in [0.5, 0.6) is 0 Å². The topological polar surface area (TPSA) is 71.5 Å². The largest absolute Gasteiger partial charge is 0.447 e. The molecule has 0 spiro atoms. The summed E-state index contributed by atoms with van der Waals surface area (Å²) >= 11 is 0. The molecule has 1 aliphatic heterocycles. The molecule has 6 nitrogen and oxygen atoms in total. The molecular formula is C15H13N3O3. The number of pyridine rings is 1. The van der Waals surface area contributed by atoms with Gasteiger partial charge in [-0.3, -0.25) is 14.7 Å². The number of benzene rings is 1. The number of carbonyl (C=O) groups is 2. The van der Waals surface area contributed by atoms with E-state index in [0.29, 0.717) is 30.1 Å². The third-order valence-corrected chi connectivity index (χ3v) is 3.10. The molecule has 1 saturated heterocycles. The molecule has 1 N–H and O–H groups in total. The maximum atomic E-state index is 12.1. The zero-order valence-corrected chi connectivity index (χ0v) is 11.2. The number of anilines is 2. The van der Waals surface area contributed by atoms with Gasteiger partial charge in [-0.1, -0.05) is 6.07 Å². The maximum absolute atomic E-state index is 12.1. The second kappa shape index (κ2) is 5.62. The Kier molecular flexibility index (Phi) is 3.51. The second-order valence-electron chi connectivity index (χ2n) is 4.51. The van der Waals surface area contributed by atoms with Gasteiger partial charge in [0.05, 0.1) is 12.1 Å². The van der Waals surface area contributed by atoms with Crippen molar-refractivity contribution in [2.75, 3.05) is 23.4 Å². The molecule has 2 amide bonds. The number of hydrogen-bond donors (Lipinski definition) is 1. The van der Waals surface area contributed by atoms with Crippen LogP contribution in [0.25, 0.3) is 0 Å². The predicted octanol–water partition coefficient (Wildman–Crippen LogP) is 2.29. The summed E-state index contributed by atoms with van der Waals surface area (Å²) < 4.78 is 4.90. The second-order valence-corrected chi connectivity index (χ2v) is 4.51. The van der Waals surface area contributed by atoms with Crippen molar-refractivity contribution in [3.63, 3.8) is 0 Å². The summed E-state index contributed by atoms with van der Waals surface area (Å²) in [4.78, 5) is 29.0. The highest BCUT2D eigenvalue weighted by molar-refractivity contribution is 6.04. The van der Waals surface area contributed by atoms with Crippen molar-refractivity contribution >= 4 is 23.4 Å². The maximum Gasteiger partial charge on any atom is 0.414 e. The quantitative estimate of drug-likeness (QED) is 0.938. The van der Waals surface area contributed by atoms with Gasteiger partial charge in [-0.15, -0.1) is 0 Å². The normalized spacial score (nSPS) is 13.9. The number of cyclic esters (lactones) is 1. The Morgan fingerprint density at radius 3 is 2.90 bits per heavy atom. The van der Waals surface area contributed by atoms with E-state index in [0.717, 1.165) is 0 Å². The average molecular weight is 283 g/mol. The highest BCUT2D eigenvalue weighted by Crippen LogP contribution is 2.22. The molecule has 0 bridgehead atoms. The van der Waals surface area contributed by atoms with Gasteiger partial charge in [-0.2, -0.15) is 0 Å². The lowest BCUT2D eigenvalue weighted by Crippen LogP contribution is -2.23. The van der Waals surface area contributed by atoms with E-state index < -0.39 is 0 Å². The molecule has 2 heterocycles. The Morgan fingerprint density at radius 2 is 2.19 bits per heavy atom. The van der Waals surface area contributed by atoms with Crippen LogP contribution in [0, 0.1) is 0 Å². The summed E-state index contributed by atoms with van der Waals surface area (Å²) in [6.07, 6.45) is 2.73. The molecule has 1 aromatic carbocycles. The zero-order valence-electron chi connectivity index (χ0n) is 11.2. The van der Waals surface area contributed by atoms with Gasteiger partial charge >= 0.3 is 6.09 Å². The van der Waals surface area contributed by atoms with Crippen molar-refractivity contribution in [1.29, 1.82) is 0 Å². The first-order valence-electron chi connectivity index (χ1n) is 6.50. The Hall–Kier alpha value is -2.89. The molecule has 106 valence electrons. The highest BCUT2D eigenvalue weighted by atomic mass is 16.6. The minimum atomic E-state index is -0.370. The molecule has 2 aromatic rings.